The highest BCUT2D eigenvalue weighted by atomic mass is 32.2. The van der Waals surface area contributed by atoms with Crippen LogP contribution in [0.15, 0.2) is 4.99 Å². The smallest absolute Gasteiger partial charge is 0.157 e. The summed E-state index contributed by atoms with van der Waals surface area (Å²) in [6.45, 7) is 9.08. The van der Waals surface area contributed by atoms with E-state index in [1.165, 1.54) is 31.0 Å². The third-order valence-electron chi connectivity index (χ3n) is 3.14. The molecule has 0 spiro atoms. The molecule has 1 N–H and O–H groups in total. The summed E-state index contributed by atoms with van der Waals surface area (Å²) < 4.78 is 0. The quantitative estimate of drug-likeness (QED) is 0.850. The molecule has 0 saturated carbocycles. The van der Waals surface area contributed by atoms with Crippen LogP contribution >= 0.6 is 23.5 Å². The normalized spacial score (nSPS) is 33.6. The minimum Gasteiger partial charge on any atom is -0.362 e. The summed E-state index contributed by atoms with van der Waals surface area (Å²) in [5.41, 5.74) is 0. The molecule has 2 aliphatic rings. The second kappa shape index (κ2) is 6.90. The molecule has 5 heteroatoms. The van der Waals surface area contributed by atoms with Gasteiger partial charge in [-0.05, 0) is 13.3 Å². The minimum absolute atomic E-state index is 0.580. The lowest BCUT2D eigenvalue weighted by Crippen LogP contribution is -2.39. The second-order valence-corrected chi connectivity index (χ2v) is 7.50. The molecule has 98 valence electrons. The van der Waals surface area contributed by atoms with Crippen LogP contribution in [-0.4, -0.2) is 59.0 Å². The third-order valence-corrected chi connectivity index (χ3v) is 5.15. The molecule has 0 aromatic heterocycles. The van der Waals surface area contributed by atoms with E-state index < -0.39 is 0 Å². The van der Waals surface area contributed by atoms with Gasteiger partial charge in [-0.3, -0.25) is 9.89 Å². The predicted octanol–water partition coefficient (Wildman–Crippen LogP) is 1.89. The molecule has 2 aliphatic heterocycles. The van der Waals surface area contributed by atoms with Crippen LogP contribution in [0.4, 0.5) is 0 Å². The molecule has 0 radical (unpaired) electrons. The zero-order valence-corrected chi connectivity index (χ0v) is 12.4. The molecule has 2 fully saturated rings. The van der Waals surface area contributed by atoms with Gasteiger partial charge < -0.3 is 5.32 Å². The maximum Gasteiger partial charge on any atom is 0.157 e. The first kappa shape index (κ1) is 13.6. The molecule has 3 nitrogen and oxygen atoms in total. The Labute approximate surface area is 113 Å². The van der Waals surface area contributed by atoms with Crippen molar-refractivity contribution < 1.29 is 0 Å². The Hall–Kier alpha value is 0.130. The van der Waals surface area contributed by atoms with Crippen LogP contribution in [0.1, 0.15) is 20.3 Å². The Morgan fingerprint density at radius 2 is 2.12 bits per heavy atom. The first-order valence-corrected chi connectivity index (χ1v) is 8.55. The van der Waals surface area contributed by atoms with E-state index in [1.807, 2.05) is 11.8 Å². The zero-order chi connectivity index (χ0) is 12.1. The van der Waals surface area contributed by atoms with Crippen molar-refractivity contribution in [2.45, 2.75) is 31.6 Å². The van der Waals surface area contributed by atoms with Crippen molar-refractivity contribution in [3.8, 4) is 0 Å². The Balaban J connectivity index is 1.71. The molecular weight excluding hydrogens is 250 g/mol. The summed E-state index contributed by atoms with van der Waals surface area (Å²) >= 11 is 3.96. The number of thioether (sulfide) groups is 2. The largest absolute Gasteiger partial charge is 0.362 e. The molecular formula is C12H23N3S2. The fourth-order valence-electron chi connectivity index (χ4n) is 2.24. The van der Waals surface area contributed by atoms with Gasteiger partial charge in [-0.1, -0.05) is 18.7 Å². The second-order valence-electron chi connectivity index (χ2n) is 4.85. The van der Waals surface area contributed by atoms with E-state index in [-0.39, 0.29) is 0 Å². The molecule has 0 aromatic carbocycles. The summed E-state index contributed by atoms with van der Waals surface area (Å²) in [7, 11) is 0. The average molecular weight is 273 g/mol. The number of hydrogen-bond donors (Lipinski definition) is 1. The van der Waals surface area contributed by atoms with Crippen LogP contribution in [0.2, 0.25) is 0 Å². The van der Waals surface area contributed by atoms with E-state index in [4.69, 9.17) is 4.99 Å². The maximum atomic E-state index is 4.70. The van der Waals surface area contributed by atoms with Gasteiger partial charge in [0, 0.05) is 42.4 Å². The lowest BCUT2D eigenvalue weighted by atomic mass is 10.2. The van der Waals surface area contributed by atoms with Gasteiger partial charge in [0.1, 0.15) is 0 Å². The Morgan fingerprint density at radius 1 is 1.35 bits per heavy atom. The van der Waals surface area contributed by atoms with Crippen LogP contribution in [0.5, 0.6) is 0 Å². The number of rotatable bonds is 3. The topological polar surface area (TPSA) is 27.6 Å². The SMILES string of the molecule is CC1CC(C)SC(=NCCN2CCSCC2)N1. The Kier molecular flexibility index (Phi) is 5.50. The third kappa shape index (κ3) is 4.72. The number of nitrogens with one attached hydrogen (secondary N) is 1. The van der Waals surface area contributed by atoms with Crippen molar-refractivity contribution in [2.24, 2.45) is 4.99 Å². The maximum absolute atomic E-state index is 4.70. The summed E-state index contributed by atoms with van der Waals surface area (Å²) in [5, 5.41) is 5.33. The van der Waals surface area contributed by atoms with Crippen molar-refractivity contribution in [3.05, 3.63) is 0 Å². The Bertz CT molecular complexity index is 252. The molecule has 0 amide bonds. The molecule has 2 rings (SSSR count). The van der Waals surface area contributed by atoms with Gasteiger partial charge >= 0.3 is 0 Å². The van der Waals surface area contributed by atoms with Gasteiger partial charge in [0.05, 0.1) is 6.54 Å². The van der Waals surface area contributed by atoms with Crippen molar-refractivity contribution >= 4 is 28.7 Å². The van der Waals surface area contributed by atoms with Crippen LogP contribution in [0.3, 0.4) is 0 Å². The van der Waals surface area contributed by atoms with Gasteiger partial charge in [-0.15, -0.1) is 0 Å². The molecule has 2 saturated heterocycles. The highest BCUT2D eigenvalue weighted by molar-refractivity contribution is 8.14. The standard InChI is InChI=1S/C12H23N3S2/c1-10-9-11(2)17-12(14-10)13-3-4-15-5-7-16-8-6-15/h10-11H,3-9H2,1-2H3,(H,13,14). The van der Waals surface area contributed by atoms with Gasteiger partial charge in [-0.2, -0.15) is 11.8 Å². The number of hydrogen-bond acceptors (Lipinski definition) is 4. The van der Waals surface area contributed by atoms with Crippen LogP contribution in [-0.2, 0) is 0 Å². The Morgan fingerprint density at radius 3 is 2.82 bits per heavy atom. The molecule has 17 heavy (non-hydrogen) atoms. The predicted molar refractivity (Wildman–Crippen MR) is 80.3 cm³/mol. The number of aliphatic imine (C=N–C) groups is 1. The molecule has 2 unspecified atom stereocenters. The lowest BCUT2D eigenvalue weighted by Gasteiger charge is -2.28. The fraction of sp³-hybridized carbons (Fsp3) is 0.917. The van der Waals surface area contributed by atoms with E-state index >= 15 is 0 Å². The molecule has 2 heterocycles. The van der Waals surface area contributed by atoms with Gasteiger partial charge in [0.2, 0.25) is 0 Å². The summed E-state index contributed by atoms with van der Waals surface area (Å²) in [5.74, 6) is 2.58. The van der Waals surface area contributed by atoms with Crippen LogP contribution < -0.4 is 5.32 Å². The van der Waals surface area contributed by atoms with Crippen LogP contribution in [0.25, 0.3) is 0 Å². The molecule has 0 bridgehead atoms. The van der Waals surface area contributed by atoms with E-state index in [0.717, 1.165) is 18.3 Å². The molecule has 2 atom stereocenters. The van der Waals surface area contributed by atoms with Gasteiger partial charge in [0.25, 0.3) is 0 Å². The first-order chi connectivity index (χ1) is 8.24. The summed E-state index contributed by atoms with van der Waals surface area (Å²) in [6, 6.07) is 0.580. The van der Waals surface area contributed by atoms with Crippen molar-refractivity contribution in [2.75, 3.05) is 37.7 Å². The van der Waals surface area contributed by atoms with Gasteiger partial charge in [0.15, 0.2) is 5.17 Å². The van der Waals surface area contributed by atoms with E-state index in [2.05, 4.69) is 35.8 Å². The van der Waals surface area contributed by atoms with E-state index in [9.17, 15) is 0 Å². The number of amidine groups is 1. The van der Waals surface area contributed by atoms with Gasteiger partial charge in [-0.25, -0.2) is 0 Å². The highest BCUT2D eigenvalue weighted by Gasteiger charge is 2.19. The van der Waals surface area contributed by atoms with Crippen molar-refractivity contribution in [3.63, 3.8) is 0 Å². The average Bonchev–Trinajstić information content (AvgIpc) is 2.29. The summed E-state index contributed by atoms with van der Waals surface area (Å²) in [4.78, 5) is 7.23. The summed E-state index contributed by atoms with van der Waals surface area (Å²) in [6.07, 6.45) is 1.24. The number of nitrogens with zero attached hydrogens (tertiary/aromatic N) is 2. The molecule has 0 aliphatic carbocycles. The minimum atomic E-state index is 0.580. The van der Waals surface area contributed by atoms with E-state index in [0.29, 0.717) is 11.3 Å². The zero-order valence-electron chi connectivity index (χ0n) is 10.8. The van der Waals surface area contributed by atoms with E-state index in [1.54, 1.807) is 0 Å². The fourth-order valence-corrected chi connectivity index (χ4v) is 4.42. The first-order valence-electron chi connectivity index (χ1n) is 6.52. The van der Waals surface area contributed by atoms with Crippen molar-refractivity contribution in [1.82, 2.24) is 10.2 Å². The highest BCUT2D eigenvalue weighted by Crippen LogP contribution is 2.22. The van der Waals surface area contributed by atoms with Crippen LogP contribution in [0, 0.1) is 0 Å². The van der Waals surface area contributed by atoms with Crippen molar-refractivity contribution in [1.29, 1.82) is 0 Å². The molecule has 0 aromatic rings. The lowest BCUT2D eigenvalue weighted by molar-refractivity contribution is 0.311. The monoisotopic (exact) mass is 273 g/mol.